The van der Waals surface area contributed by atoms with Crippen LogP contribution in [-0.2, 0) is 4.79 Å². The van der Waals surface area contributed by atoms with E-state index in [2.05, 4.69) is 0 Å². The first-order valence-corrected chi connectivity index (χ1v) is 5.78. The van der Waals surface area contributed by atoms with Gasteiger partial charge in [-0.1, -0.05) is 20.3 Å². The third-order valence-electron chi connectivity index (χ3n) is 3.32. The Hall–Kier alpha value is -0.610. The molecule has 0 bridgehead atoms. The van der Waals surface area contributed by atoms with E-state index in [0.29, 0.717) is 25.9 Å². The van der Waals surface area contributed by atoms with E-state index in [-0.39, 0.29) is 24.0 Å². The number of hydrogen-bond donors (Lipinski definition) is 2. The average molecular weight is 214 g/mol. The molecule has 4 heteroatoms. The Morgan fingerprint density at radius 2 is 2.07 bits per heavy atom. The van der Waals surface area contributed by atoms with Crippen molar-refractivity contribution in [1.82, 2.24) is 4.90 Å². The summed E-state index contributed by atoms with van der Waals surface area (Å²) >= 11 is 0. The third kappa shape index (κ3) is 3.18. The second-order valence-electron chi connectivity index (χ2n) is 4.47. The molecular formula is C11H22N2O2. The van der Waals surface area contributed by atoms with Crippen molar-refractivity contribution >= 4 is 5.91 Å². The second-order valence-corrected chi connectivity index (χ2v) is 4.47. The summed E-state index contributed by atoms with van der Waals surface area (Å²) in [5.74, 6) is 0.264. The lowest BCUT2D eigenvalue weighted by Gasteiger charge is -2.32. The number of rotatable bonds is 3. The van der Waals surface area contributed by atoms with Crippen LogP contribution in [0.5, 0.6) is 0 Å². The van der Waals surface area contributed by atoms with Crippen molar-refractivity contribution in [2.24, 2.45) is 11.7 Å². The van der Waals surface area contributed by atoms with Gasteiger partial charge in [0.2, 0.25) is 5.91 Å². The minimum Gasteiger partial charge on any atom is -0.393 e. The molecule has 1 fully saturated rings. The summed E-state index contributed by atoms with van der Waals surface area (Å²) in [6.45, 7) is 5.33. The van der Waals surface area contributed by atoms with E-state index < -0.39 is 0 Å². The summed E-state index contributed by atoms with van der Waals surface area (Å²) in [5.41, 5.74) is 5.88. The van der Waals surface area contributed by atoms with Crippen LogP contribution in [0.4, 0.5) is 0 Å². The zero-order chi connectivity index (χ0) is 11.4. The van der Waals surface area contributed by atoms with Crippen molar-refractivity contribution in [2.45, 2.75) is 45.3 Å². The molecule has 0 aliphatic carbocycles. The molecule has 0 radical (unpaired) electrons. The van der Waals surface area contributed by atoms with Crippen LogP contribution in [0.2, 0.25) is 0 Å². The molecule has 1 saturated heterocycles. The number of carbonyl (C=O) groups excluding carboxylic acids is 1. The highest BCUT2D eigenvalue weighted by Crippen LogP contribution is 2.14. The lowest BCUT2D eigenvalue weighted by molar-refractivity contribution is -0.135. The minimum atomic E-state index is -0.384. The highest BCUT2D eigenvalue weighted by atomic mass is 16.3. The number of nitrogens with two attached hydrogens (primary N) is 1. The fourth-order valence-electron chi connectivity index (χ4n) is 1.79. The molecule has 4 nitrogen and oxygen atoms in total. The van der Waals surface area contributed by atoms with Crippen LogP contribution in [0.25, 0.3) is 0 Å². The molecule has 2 unspecified atom stereocenters. The normalized spacial score (nSPS) is 22.5. The third-order valence-corrected chi connectivity index (χ3v) is 3.32. The number of aliphatic hydroxyl groups excluding tert-OH is 1. The Morgan fingerprint density at radius 3 is 2.53 bits per heavy atom. The van der Waals surface area contributed by atoms with E-state index in [0.717, 1.165) is 6.42 Å². The van der Waals surface area contributed by atoms with E-state index in [1.165, 1.54) is 0 Å². The van der Waals surface area contributed by atoms with Crippen molar-refractivity contribution in [2.75, 3.05) is 13.1 Å². The molecule has 88 valence electrons. The number of hydrogen-bond acceptors (Lipinski definition) is 3. The van der Waals surface area contributed by atoms with Crippen LogP contribution in [-0.4, -0.2) is 41.1 Å². The van der Waals surface area contributed by atoms with E-state index in [9.17, 15) is 9.90 Å². The van der Waals surface area contributed by atoms with E-state index in [1.54, 1.807) is 4.90 Å². The summed E-state index contributed by atoms with van der Waals surface area (Å²) in [6, 6.07) is -0.384. The molecule has 15 heavy (non-hydrogen) atoms. The zero-order valence-corrected chi connectivity index (χ0v) is 9.65. The van der Waals surface area contributed by atoms with Gasteiger partial charge >= 0.3 is 0 Å². The monoisotopic (exact) mass is 214 g/mol. The van der Waals surface area contributed by atoms with Crippen molar-refractivity contribution < 1.29 is 9.90 Å². The summed E-state index contributed by atoms with van der Waals surface area (Å²) in [7, 11) is 0. The van der Waals surface area contributed by atoms with Crippen molar-refractivity contribution in [3.8, 4) is 0 Å². The van der Waals surface area contributed by atoms with Gasteiger partial charge < -0.3 is 15.7 Å². The fraction of sp³-hybridized carbons (Fsp3) is 0.909. The van der Waals surface area contributed by atoms with Crippen LogP contribution in [0, 0.1) is 5.92 Å². The quantitative estimate of drug-likeness (QED) is 0.712. The lowest BCUT2D eigenvalue weighted by Crippen LogP contribution is -2.50. The van der Waals surface area contributed by atoms with Crippen molar-refractivity contribution in [3.05, 3.63) is 0 Å². The van der Waals surface area contributed by atoms with Crippen LogP contribution < -0.4 is 5.73 Å². The topological polar surface area (TPSA) is 66.6 Å². The first-order valence-electron chi connectivity index (χ1n) is 5.78. The van der Waals surface area contributed by atoms with Crippen molar-refractivity contribution in [3.63, 3.8) is 0 Å². The minimum absolute atomic E-state index is 0.0382. The molecule has 2 atom stereocenters. The Bertz CT molecular complexity index is 213. The molecule has 0 aromatic rings. The van der Waals surface area contributed by atoms with Crippen LogP contribution >= 0.6 is 0 Å². The van der Waals surface area contributed by atoms with Crippen molar-refractivity contribution in [1.29, 1.82) is 0 Å². The average Bonchev–Trinajstić information content (AvgIpc) is 2.27. The predicted molar refractivity (Wildman–Crippen MR) is 59.3 cm³/mol. The number of carbonyl (C=O) groups is 1. The Balaban J connectivity index is 2.46. The van der Waals surface area contributed by atoms with Gasteiger partial charge in [0, 0.05) is 13.1 Å². The van der Waals surface area contributed by atoms with Gasteiger partial charge in [-0.2, -0.15) is 0 Å². The molecule has 0 aromatic carbocycles. The SMILES string of the molecule is CCC(C)C(N)C(=O)N1CCC(O)CC1. The molecule has 1 amide bonds. The molecule has 0 saturated carbocycles. The predicted octanol–water partition coefficient (Wildman–Crippen LogP) is 0.343. The summed E-state index contributed by atoms with van der Waals surface area (Å²) < 4.78 is 0. The number of nitrogens with zero attached hydrogens (tertiary/aromatic N) is 1. The van der Waals surface area contributed by atoms with Gasteiger partial charge in [-0.05, 0) is 18.8 Å². The smallest absolute Gasteiger partial charge is 0.239 e. The standard InChI is InChI=1S/C11H22N2O2/c1-3-8(2)10(12)11(15)13-6-4-9(14)5-7-13/h8-10,14H,3-7,12H2,1-2H3. The highest BCUT2D eigenvalue weighted by Gasteiger charge is 2.27. The molecule has 3 N–H and O–H groups in total. The maximum Gasteiger partial charge on any atom is 0.239 e. The Morgan fingerprint density at radius 1 is 1.53 bits per heavy atom. The molecule has 1 rings (SSSR count). The molecule has 1 aliphatic heterocycles. The van der Waals surface area contributed by atoms with Crippen LogP contribution in [0.15, 0.2) is 0 Å². The molecular weight excluding hydrogens is 192 g/mol. The van der Waals surface area contributed by atoms with Gasteiger partial charge in [-0.25, -0.2) is 0 Å². The number of likely N-dealkylation sites (tertiary alicyclic amines) is 1. The lowest BCUT2D eigenvalue weighted by atomic mass is 9.97. The summed E-state index contributed by atoms with van der Waals surface area (Å²) in [6.07, 6.45) is 2.04. The van der Waals surface area contributed by atoms with Crippen LogP contribution in [0.1, 0.15) is 33.1 Å². The van der Waals surface area contributed by atoms with E-state index in [4.69, 9.17) is 5.73 Å². The van der Waals surface area contributed by atoms with Gasteiger partial charge in [-0.15, -0.1) is 0 Å². The Kier molecular flexibility index (Phi) is 4.54. The van der Waals surface area contributed by atoms with Crippen LogP contribution in [0.3, 0.4) is 0 Å². The summed E-state index contributed by atoms with van der Waals surface area (Å²) in [4.78, 5) is 13.7. The molecule has 0 spiro atoms. The zero-order valence-electron chi connectivity index (χ0n) is 9.65. The van der Waals surface area contributed by atoms with Gasteiger partial charge in [0.1, 0.15) is 0 Å². The van der Waals surface area contributed by atoms with Gasteiger partial charge in [-0.3, -0.25) is 4.79 Å². The van der Waals surface area contributed by atoms with Gasteiger partial charge in [0.25, 0.3) is 0 Å². The second kappa shape index (κ2) is 5.47. The summed E-state index contributed by atoms with van der Waals surface area (Å²) in [5, 5.41) is 9.33. The maximum atomic E-state index is 11.9. The molecule has 0 aromatic heterocycles. The Labute approximate surface area is 91.4 Å². The molecule has 1 heterocycles. The van der Waals surface area contributed by atoms with Gasteiger partial charge in [0.05, 0.1) is 12.1 Å². The van der Waals surface area contributed by atoms with E-state index >= 15 is 0 Å². The largest absolute Gasteiger partial charge is 0.393 e. The van der Waals surface area contributed by atoms with E-state index in [1.807, 2.05) is 13.8 Å². The van der Waals surface area contributed by atoms with Gasteiger partial charge in [0.15, 0.2) is 0 Å². The first-order chi connectivity index (χ1) is 7.06. The first kappa shape index (κ1) is 12.5. The fourth-order valence-corrected chi connectivity index (χ4v) is 1.79. The highest BCUT2D eigenvalue weighted by molar-refractivity contribution is 5.82. The number of piperidine rings is 1. The molecule has 1 aliphatic rings. The number of amides is 1. The number of aliphatic hydroxyl groups is 1. The maximum absolute atomic E-state index is 11.9.